The van der Waals surface area contributed by atoms with E-state index in [4.69, 9.17) is 15.2 Å². The molecule has 9 nitrogen and oxygen atoms in total. The van der Waals surface area contributed by atoms with Crippen molar-refractivity contribution in [3.8, 4) is 0 Å². The van der Waals surface area contributed by atoms with Crippen molar-refractivity contribution in [2.75, 3.05) is 19.8 Å². The van der Waals surface area contributed by atoms with Crippen molar-refractivity contribution in [1.82, 2.24) is 14.5 Å². The zero-order valence-corrected chi connectivity index (χ0v) is 13.3. The van der Waals surface area contributed by atoms with Crippen molar-refractivity contribution >= 4 is 15.9 Å². The first-order valence-corrected chi connectivity index (χ1v) is 8.28. The number of hydrogen-bond acceptors (Lipinski definition) is 6. The van der Waals surface area contributed by atoms with E-state index < -0.39 is 28.1 Å². The van der Waals surface area contributed by atoms with Gasteiger partial charge in [0, 0.05) is 19.2 Å². The largest absolute Gasteiger partial charge is 0.380 e. The Morgan fingerprint density at radius 1 is 1.64 bits per heavy atom. The third-order valence-corrected chi connectivity index (χ3v) is 5.06. The van der Waals surface area contributed by atoms with Gasteiger partial charge in [0.25, 0.3) is 10.0 Å². The molecule has 3 N–H and O–H groups in total. The van der Waals surface area contributed by atoms with E-state index in [-0.39, 0.29) is 18.2 Å². The summed E-state index contributed by atoms with van der Waals surface area (Å²) >= 11 is 0. The molecule has 0 bridgehead atoms. The first-order valence-electron chi connectivity index (χ1n) is 6.80. The lowest BCUT2D eigenvalue weighted by atomic mass is 10.1. The molecular weight excluding hydrogens is 312 g/mol. The monoisotopic (exact) mass is 332 g/mol. The first-order chi connectivity index (χ1) is 10.3. The van der Waals surface area contributed by atoms with Crippen molar-refractivity contribution < 1.29 is 22.7 Å². The van der Waals surface area contributed by atoms with Gasteiger partial charge >= 0.3 is 0 Å². The lowest BCUT2D eigenvalue weighted by molar-refractivity contribution is -0.127. The quantitative estimate of drug-likeness (QED) is 0.664. The minimum absolute atomic E-state index is 0.0896. The molecule has 124 valence electrons. The smallest absolute Gasteiger partial charge is 0.258 e. The van der Waals surface area contributed by atoms with Gasteiger partial charge < -0.3 is 15.2 Å². The summed E-state index contributed by atoms with van der Waals surface area (Å²) < 4.78 is 39.6. The van der Waals surface area contributed by atoms with Crippen LogP contribution < -0.4 is 10.5 Å². The fraction of sp³-hybridized carbons (Fsp3) is 0.667. The van der Waals surface area contributed by atoms with E-state index in [0.29, 0.717) is 18.6 Å². The predicted octanol–water partition coefficient (Wildman–Crippen LogP) is -1.33. The van der Waals surface area contributed by atoms with E-state index in [1.807, 2.05) is 0 Å². The molecule has 0 spiro atoms. The van der Waals surface area contributed by atoms with Crippen LogP contribution in [0, 0.1) is 6.92 Å². The number of hydrogen-bond donors (Lipinski definition) is 2. The predicted molar refractivity (Wildman–Crippen MR) is 76.4 cm³/mol. The Labute approximate surface area is 128 Å². The van der Waals surface area contributed by atoms with E-state index in [2.05, 4.69) is 9.82 Å². The number of nitrogens with one attached hydrogen (secondary N) is 1. The van der Waals surface area contributed by atoms with Crippen LogP contribution >= 0.6 is 0 Å². The molecule has 0 unspecified atom stereocenters. The molecule has 0 saturated carbocycles. The highest BCUT2D eigenvalue weighted by atomic mass is 32.2. The number of carbonyl (C=O) groups is 1. The average Bonchev–Trinajstić information content (AvgIpc) is 2.77. The Morgan fingerprint density at radius 3 is 2.95 bits per heavy atom. The molecule has 0 aromatic carbocycles. The van der Waals surface area contributed by atoms with Gasteiger partial charge in [0.1, 0.15) is 6.61 Å². The molecule has 2 heterocycles. The van der Waals surface area contributed by atoms with Crippen LogP contribution in [0.15, 0.2) is 11.2 Å². The summed E-state index contributed by atoms with van der Waals surface area (Å²) in [5.41, 5.74) is 5.60. The maximum atomic E-state index is 12.5. The number of rotatable bonds is 6. The maximum absolute atomic E-state index is 12.5. The minimum Gasteiger partial charge on any atom is -0.380 e. The van der Waals surface area contributed by atoms with E-state index >= 15 is 0 Å². The molecular formula is C12H20N4O5S. The van der Waals surface area contributed by atoms with Gasteiger partial charge in [-0.1, -0.05) is 0 Å². The van der Waals surface area contributed by atoms with Crippen molar-refractivity contribution in [1.29, 1.82) is 0 Å². The molecule has 2 rings (SSSR count). The van der Waals surface area contributed by atoms with Gasteiger partial charge in [0.05, 0.1) is 24.9 Å². The number of ether oxygens (including phenoxy) is 2. The van der Waals surface area contributed by atoms with Crippen LogP contribution in [0.4, 0.5) is 0 Å². The van der Waals surface area contributed by atoms with Gasteiger partial charge in [-0.2, -0.15) is 5.10 Å². The molecule has 1 aromatic heterocycles. The summed E-state index contributed by atoms with van der Waals surface area (Å²) in [5, 5.41) is 4.02. The number of aryl methyl sites for hydroxylation is 2. The summed E-state index contributed by atoms with van der Waals surface area (Å²) in [6, 6.07) is -0.590. The molecule has 2 atom stereocenters. The normalized spacial score (nSPS) is 22.6. The highest BCUT2D eigenvalue weighted by molar-refractivity contribution is 7.89. The number of nitrogens with two attached hydrogens (primary N) is 1. The van der Waals surface area contributed by atoms with Crippen molar-refractivity contribution in [3.63, 3.8) is 0 Å². The fourth-order valence-electron chi connectivity index (χ4n) is 2.39. The number of sulfonamides is 1. The van der Waals surface area contributed by atoms with Crippen molar-refractivity contribution in [3.05, 3.63) is 11.8 Å². The van der Waals surface area contributed by atoms with Gasteiger partial charge in [0.2, 0.25) is 5.91 Å². The summed E-state index contributed by atoms with van der Waals surface area (Å²) in [6.45, 7) is 2.01. The highest BCUT2D eigenvalue weighted by Gasteiger charge is 2.33. The average molecular weight is 332 g/mol. The van der Waals surface area contributed by atoms with Crippen LogP contribution in [0.3, 0.4) is 0 Å². The van der Waals surface area contributed by atoms with Crippen LogP contribution in [-0.4, -0.2) is 56.1 Å². The Kier molecular flexibility index (Phi) is 5.16. The zero-order valence-electron chi connectivity index (χ0n) is 12.5. The van der Waals surface area contributed by atoms with Gasteiger partial charge in [-0.05, 0) is 13.3 Å². The van der Waals surface area contributed by atoms with E-state index in [0.717, 1.165) is 0 Å². The van der Waals surface area contributed by atoms with Crippen molar-refractivity contribution in [2.45, 2.75) is 30.5 Å². The zero-order chi connectivity index (χ0) is 16.3. The van der Waals surface area contributed by atoms with Gasteiger partial charge in [-0.3, -0.25) is 9.48 Å². The van der Waals surface area contributed by atoms with Crippen LogP contribution in [-0.2, 0) is 31.3 Å². The Morgan fingerprint density at radius 2 is 2.36 bits per heavy atom. The molecule has 1 fully saturated rings. The summed E-state index contributed by atoms with van der Waals surface area (Å²) in [7, 11) is -2.22. The molecule has 1 aliphatic rings. The molecule has 0 aliphatic carbocycles. The van der Waals surface area contributed by atoms with Gasteiger partial charge in [0.15, 0.2) is 5.03 Å². The third-order valence-electron chi connectivity index (χ3n) is 3.35. The highest BCUT2D eigenvalue weighted by Crippen LogP contribution is 2.17. The molecule has 1 saturated heterocycles. The number of carbonyl (C=O) groups excluding carboxylic acids is 1. The lowest BCUT2D eigenvalue weighted by Crippen LogP contribution is -2.51. The van der Waals surface area contributed by atoms with E-state index in [9.17, 15) is 13.2 Å². The van der Waals surface area contributed by atoms with Gasteiger partial charge in [-0.25, -0.2) is 13.1 Å². The number of aromatic nitrogens is 2. The number of nitrogens with zero attached hydrogens (tertiary/aromatic N) is 2. The van der Waals surface area contributed by atoms with Crippen LogP contribution in [0.25, 0.3) is 0 Å². The van der Waals surface area contributed by atoms with Crippen LogP contribution in [0.5, 0.6) is 0 Å². The molecule has 1 amide bonds. The number of amides is 1. The standard InChI is InChI=1S/C12H20N4O5S/c1-8-5-14-16(2)12(8)22(18,19)15-9-6-20-4-3-10(9)21-7-11(13)17/h5,9-10,15H,3-4,6-7H2,1-2H3,(H2,13,17)/t9-,10+/m1/s1. The van der Waals surface area contributed by atoms with Crippen molar-refractivity contribution in [2.24, 2.45) is 12.8 Å². The second-order valence-corrected chi connectivity index (χ2v) is 6.79. The summed E-state index contributed by atoms with van der Waals surface area (Å²) in [5.74, 6) is -0.601. The summed E-state index contributed by atoms with van der Waals surface area (Å²) in [4.78, 5) is 10.8. The Bertz CT molecular complexity index is 622. The SMILES string of the molecule is Cc1cnn(C)c1S(=O)(=O)N[C@@H]1COCC[C@@H]1OCC(N)=O. The Balaban J connectivity index is 2.14. The fourth-order valence-corrected chi connectivity index (χ4v) is 4.00. The lowest BCUT2D eigenvalue weighted by Gasteiger charge is -2.31. The molecule has 1 aromatic rings. The minimum atomic E-state index is -3.78. The molecule has 22 heavy (non-hydrogen) atoms. The molecule has 10 heteroatoms. The van der Waals surface area contributed by atoms with E-state index in [1.165, 1.54) is 10.9 Å². The maximum Gasteiger partial charge on any atom is 0.258 e. The first kappa shape index (κ1) is 16.9. The topological polar surface area (TPSA) is 126 Å². The molecule has 1 aliphatic heterocycles. The Hall–Kier alpha value is -1.49. The third kappa shape index (κ3) is 3.83. The number of primary amides is 1. The van der Waals surface area contributed by atoms with E-state index in [1.54, 1.807) is 14.0 Å². The molecule has 0 radical (unpaired) electrons. The summed E-state index contributed by atoms with van der Waals surface area (Å²) in [6.07, 6.45) is 1.49. The van der Waals surface area contributed by atoms with Crippen LogP contribution in [0.1, 0.15) is 12.0 Å². The van der Waals surface area contributed by atoms with Crippen LogP contribution in [0.2, 0.25) is 0 Å². The van der Waals surface area contributed by atoms with Gasteiger partial charge in [-0.15, -0.1) is 0 Å². The second-order valence-electron chi connectivity index (χ2n) is 5.16. The second kappa shape index (κ2) is 6.73.